The summed E-state index contributed by atoms with van der Waals surface area (Å²) in [6.07, 6.45) is 0. The first kappa shape index (κ1) is 14.8. The zero-order valence-electron chi connectivity index (χ0n) is 12.0. The highest BCUT2D eigenvalue weighted by atomic mass is 16.2. The van der Waals surface area contributed by atoms with Gasteiger partial charge in [0, 0.05) is 5.56 Å². The average molecular weight is 280 g/mol. The second-order valence-electron chi connectivity index (χ2n) is 4.70. The molecule has 0 saturated heterocycles. The van der Waals surface area contributed by atoms with Crippen LogP contribution in [0.25, 0.3) is 0 Å². The van der Waals surface area contributed by atoms with Crippen molar-refractivity contribution in [2.24, 2.45) is 0 Å². The van der Waals surface area contributed by atoms with Crippen LogP contribution in [0.2, 0.25) is 0 Å². The molecule has 4 nitrogen and oxygen atoms in total. The van der Waals surface area contributed by atoms with Gasteiger partial charge in [-0.05, 0) is 44.0 Å². The molecular formula is C17H16N2O2. The van der Waals surface area contributed by atoms with Gasteiger partial charge in [0.2, 0.25) is 0 Å². The quantitative estimate of drug-likeness (QED) is 0.830. The molecule has 0 atom stereocenters. The lowest BCUT2D eigenvalue weighted by Gasteiger charge is -2.06. The van der Waals surface area contributed by atoms with Gasteiger partial charge in [-0.15, -0.1) is 0 Å². The van der Waals surface area contributed by atoms with Crippen LogP contribution >= 0.6 is 0 Å². The maximum Gasteiger partial charge on any atom is 0.256 e. The van der Waals surface area contributed by atoms with Gasteiger partial charge in [0.15, 0.2) is 0 Å². The molecule has 0 unspecified atom stereocenters. The SMILES string of the molecule is Cc1cc(C)cc(C(=O)Nc2cccc(C#CCO)n2)c1. The van der Waals surface area contributed by atoms with E-state index in [4.69, 9.17) is 5.11 Å². The summed E-state index contributed by atoms with van der Waals surface area (Å²) in [7, 11) is 0. The number of benzene rings is 1. The number of pyridine rings is 1. The maximum absolute atomic E-state index is 12.2. The molecule has 0 fully saturated rings. The van der Waals surface area contributed by atoms with Crippen LogP contribution in [0.15, 0.2) is 36.4 Å². The molecule has 1 aromatic heterocycles. The molecule has 0 spiro atoms. The number of carbonyl (C=O) groups is 1. The van der Waals surface area contributed by atoms with Crippen molar-refractivity contribution in [1.82, 2.24) is 4.98 Å². The van der Waals surface area contributed by atoms with E-state index in [2.05, 4.69) is 22.1 Å². The van der Waals surface area contributed by atoms with Gasteiger partial charge in [0.25, 0.3) is 5.91 Å². The van der Waals surface area contributed by atoms with Crippen molar-refractivity contribution in [3.05, 3.63) is 58.8 Å². The first-order chi connectivity index (χ1) is 10.1. The van der Waals surface area contributed by atoms with E-state index in [0.717, 1.165) is 11.1 Å². The Bertz CT molecular complexity index is 707. The summed E-state index contributed by atoms with van der Waals surface area (Å²) in [5.74, 6) is 5.45. The molecule has 1 heterocycles. The number of aliphatic hydroxyl groups excluding tert-OH is 1. The monoisotopic (exact) mass is 280 g/mol. The highest BCUT2D eigenvalue weighted by molar-refractivity contribution is 6.04. The lowest BCUT2D eigenvalue weighted by Crippen LogP contribution is -2.13. The van der Waals surface area contributed by atoms with E-state index in [1.165, 1.54) is 0 Å². The molecule has 2 N–H and O–H groups in total. The first-order valence-corrected chi connectivity index (χ1v) is 6.55. The van der Waals surface area contributed by atoms with E-state index < -0.39 is 0 Å². The average Bonchev–Trinajstić information content (AvgIpc) is 2.44. The third-order valence-electron chi connectivity index (χ3n) is 2.77. The lowest BCUT2D eigenvalue weighted by molar-refractivity contribution is 0.102. The number of nitrogens with one attached hydrogen (secondary N) is 1. The highest BCUT2D eigenvalue weighted by Crippen LogP contribution is 2.11. The van der Waals surface area contributed by atoms with Gasteiger partial charge in [-0.1, -0.05) is 29.2 Å². The molecule has 1 amide bonds. The summed E-state index contributed by atoms with van der Waals surface area (Å²) in [5, 5.41) is 11.4. The lowest BCUT2D eigenvalue weighted by atomic mass is 10.1. The minimum Gasteiger partial charge on any atom is -0.384 e. The van der Waals surface area contributed by atoms with Gasteiger partial charge in [-0.2, -0.15) is 0 Å². The fraction of sp³-hybridized carbons (Fsp3) is 0.176. The van der Waals surface area contributed by atoms with Crippen LogP contribution in [0.5, 0.6) is 0 Å². The number of carbonyl (C=O) groups excluding carboxylic acids is 1. The van der Waals surface area contributed by atoms with Crippen molar-refractivity contribution in [2.75, 3.05) is 11.9 Å². The van der Waals surface area contributed by atoms with E-state index in [9.17, 15) is 4.79 Å². The number of anilines is 1. The van der Waals surface area contributed by atoms with Crippen molar-refractivity contribution >= 4 is 11.7 Å². The summed E-state index contributed by atoms with van der Waals surface area (Å²) in [4.78, 5) is 16.4. The van der Waals surface area contributed by atoms with Crippen LogP contribution in [0, 0.1) is 25.7 Å². The first-order valence-electron chi connectivity index (χ1n) is 6.55. The van der Waals surface area contributed by atoms with Gasteiger partial charge >= 0.3 is 0 Å². The number of aromatic nitrogens is 1. The zero-order chi connectivity index (χ0) is 15.2. The Morgan fingerprint density at radius 2 is 1.95 bits per heavy atom. The van der Waals surface area contributed by atoms with E-state index >= 15 is 0 Å². The van der Waals surface area contributed by atoms with Crippen LogP contribution in [0.3, 0.4) is 0 Å². The molecule has 0 radical (unpaired) electrons. The van der Waals surface area contributed by atoms with Crippen LogP contribution in [-0.4, -0.2) is 22.6 Å². The Morgan fingerprint density at radius 3 is 2.62 bits per heavy atom. The van der Waals surface area contributed by atoms with Crippen LogP contribution in [0.1, 0.15) is 27.2 Å². The number of hydrogen-bond acceptors (Lipinski definition) is 3. The molecular weight excluding hydrogens is 264 g/mol. The Labute approximate surface area is 123 Å². The van der Waals surface area contributed by atoms with Crippen LogP contribution in [0.4, 0.5) is 5.82 Å². The predicted octanol–water partition coefficient (Wildman–Crippen LogP) is 2.29. The van der Waals surface area contributed by atoms with Crippen LogP contribution < -0.4 is 5.32 Å². The molecule has 2 rings (SSSR count). The molecule has 106 valence electrons. The summed E-state index contributed by atoms with van der Waals surface area (Å²) in [5.41, 5.74) is 3.18. The van der Waals surface area contributed by atoms with Gasteiger partial charge in [-0.25, -0.2) is 4.98 Å². The number of rotatable bonds is 2. The molecule has 0 bridgehead atoms. The van der Waals surface area contributed by atoms with Crippen molar-refractivity contribution in [2.45, 2.75) is 13.8 Å². The zero-order valence-corrected chi connectivity index (χ0v) is 12.0. The minimum atomic E-state index is -0.221. The van der Waals surface area contributed by atoms with E-state index in [1.54, 1.807) is 18.2 Å². The van der Waals surface area contributed by atoms with Gasteiger partial charge in [0.1, 0.15) is 18.1 Å². The number of nitrogens with zero attached hydrogens (tertiary/aromatic N) is 1. The maximum atomic E-state index is 12.2. The second-order valence-corrected chi connectivity index (χ2v) is 4.70. The number of amides is 1. The molecule has 0 saturated carbocycles. The molecule has 21 heavy (non-hydrogen) atoms. The van der Waals surface area contributed by atoms with Crippen molar-refractivity contribution in [3.8, 4) is 11.8 Å². The standard InChI is InChI=1S/C17H16N2O2/c1-12-9-13(2)11-14(10-12)17(21)19-16-7-3-5-15(18-16)6-4-8-20/h3,5,7,9-11,20H,8H2,1-2H3,(H,18,19,21). The van der Waals surface area contributed by atoms with Gasteiger partial charge < -0.3 is 10.4 Å². The summed E-state index contributed by atoms with van der Waals surface area (Å²) < 4.78 is 0. The Morgan fingerprint density at radius 1 is 1.24 bits per heavy atom. The number of hydrogen-bond donors (Lipinski definition) is 2. The van der Waals surface area contributed by atoms with E-state index in [1.807, 2.05) is 32.0 Å². The topological polar surface area (TPSA) is 62.2 Å². The molecule has 0 aliphatic carbocycles. The van der Waals surface area contributed by atoms with Crippen molar-refractivity contribution in [1.29, 1.82) is 0 Å². The van der Waals surface area contributed by atoms with E-state index in [-0.39, 0.29) is 12.5 Å². The van der Waals surface area contributed by atoms with Crippen LogP contribution in [-0.2, 0) is 0 Å². The number of aliphatic hydroxyl groups is 1. The Hall–Kier alpha value is -2.64. The molecule has 2 aromatic rings. The molecule has 0 aliphatic rings. The molecule has 0 aliphatic heterocycles. The third kappa shape index (κ3) is 4.16. The summed E-state index contributed by atoms with van der Waals surface area (Å²) in [6, 6.07) is 10.8. The highest BCUT2D eigenvalue weighted by Gasteiger charge is 2.08. The largest absolute Gasteiger partial charge is 0.384 e. The van der Waals surface area contributed by atoms with Crippen molar-refractivity contribution < 1.29 is 9.90 Å². The van der Waals surface area contributed by atoms with Gasteiger partial charge in [-0.3, -0.25) is 4.79 Å². The molecule has 1 aromatic carbocycles. The fourth-order valence-corrected chi connectivity index (χ4v) is 2.00. The molecule has 4 heteroatoms. The Balaban J connectivity index is 2.19. The smallest absolute Gasteiger partial charge is 0.256 e. The third-order valence-corrected chi connectivity index (χ3v) is 2.77. The Kier molecular flexibility index (Phi) is 4.70. The van der Waals surface area contributed by atoms with E-state index in [0.29, 0.717) is 17.1 Å². The second kappa shape index (κ2) is 6.69. The number of aryl methyl sites for hydroxylation is 2. The fourth-order valence-electron chi connectivity index (χ4n) is 2.00. The van der Waals surface area contributed by atoms with Gasteiger partial charge in [0.05, 0.1) is 0 Å². The predicted molar refractivity (Wildman–Crippen MR) is 82.1 cm³/mol. The van der Waals surface area contributed by atoms with Crippen molar-refractivity contribution in [3.63, 3.8) is 0 Å². The minimum absolute atomic E-state index is 0.207. The summed E-state index contributed by atoms with van der Waals surface area (Å²) in [6.45, 7) is 3.68. The normalized spacial score (nSPS) is 9.67. The summed E-state index contributed by atoms with van der Waals surface area (Å²) >= 11 is 0.